The van der Waals surface area contributed by atoms with Crippen LogP contribution in [0.3, 0.4) is 0 Å². The fraction of sp³-hybridized carbons (Fsp3) is 0.938. The number of carbonyl (C=O) groups is 1. The van der Waals surface area contributed by atoms with Crippen molar-refractivity contribution in [2.24, 2.45) is 17.8 Å². The highest BCUT2D eigenvalue weighted by atomic mass is 16.5. The highest BCUT2D eigenvalue weighted by Gasteiger charge is 2.33. The molecule has 2 aliphatic rings. The smallest absolute Gasteiger partial charge is 0.320 e. The van der Waals surface area contributed by atoms with Crippen molar-refractivity contribution in [3.8, 4) is 0 Å². The Morgan fingerprint density at radius 1 is 1.30 bits per heavy atom. The van der Waals surface area contributed by atoms with Gasteiger partial charge in [0.15, 0.2) is 0 Å². The van der Waals surface area contributed by atoms with Crippen LogP contribution in [0.4, 0.5) is 0 Å². The molecular formula is C16H29NO3. The quantitative estimate of drug-likeness (QED) is 0.742. The van der Waals surface area contributed by atoms with Crippen LogP contribution in [0.25, 0.3) is 0 Å². The molecule has 0 aromatic carbocycles. The van der Waals surface area contributed by atoms with Gasteiger partial charge in [-0.1, -0.05) is 27.2 Å². The maximum Gasteiger partial charge on any atom is 0.320 e. The van der Waals surface area contributed by atoms with Crippen LogP contribution in [0, 0.1) is 17.8 Å². The van der Waals surface area contributed by atoms with E-state index in [2.05, 4.69) is 25.7 Å². The number of hydrogen-bond acceptors (Lipinski definition) is 4. The largest absolute Gasteiger partial charge is 0.461 e. The molecule has 4 nitrogen and oxygen atoms in total. The maximum atomic E-state index is 12.1. The monoisotopic (exact) mass is 283 g/mol. The Bertz CT molecular complexity index is 313. The van der Waals surface area contributed by atoms with Crippen LogP contribution in [0.5, 0.6) is 0 Å². The number of esters is 1. The third-order valence-corrected chi connectivity index (χ3v) is 4.70. The molecule has 116 valence electrons. The molecule has 1 aliphatic carbocycles. The molecule has 0 amide bonds. The van der Waals surface area contributed by atoms with E-state index in [1.165, 1.54) is 12.8 Å². The molecule has 0 unspecified atom stereocenters. The number of rotatable bonds is 4. The van der Waals surface area contributed by atoms with Crippen molar-refractivity contribution in [3.05, 3.63) is 0 Å². The van der Waals surface area contributed by atoms with Gasteiger partial charge in [0.05, 0.1) is 19.8 Å². The Labute approximate surface area is 122 Å². The molecule has 20 heavy (non-hydrogen) atoms. The molecule has 0 N–H and O–H groups in total. The second-order valence-corrected chi connectivity index (χ2v) is 6.74. The van der Waals surface area contributed by atoms with Gasteiger partial charge in [0, 0.05) is 13.1 Å². The predicted molar refractivity (Wildman–Crippen MR) is 78.5 cm³/mol. The number of morpholine rings is 1. The summed E-state index contributed by atoms with van der Waals surface area (Å²) in [6.07, 6.45) is 3.60. The molecule has 3 atom stereocenters. The molecule has 0 bridgehead atoms. The van der Waals surface area contributed by atoms with Gasteiger partial charge < -0.3 is 9.47 Å². The van der Waals surface area contributed by atoms with Gasteiger partial charge in [-0.15, -0.1) is 0 Å². The molecule has 0 aromatic rings. The van der Waals surface area contributed by atoms with Crippen molar-refractivity contribution in [1.29, 1.82) is 0 Å². The third kappa shape index (κ3) is 4.45. The van der Waals surface area contributed by atoms with Crippen molar-refractivity contribution in [2.45, 2.75) is 46.1 Å². The third-order valence-electron chi connectivity index (χ3n) is 4.70. The summed E-state index contributed by atoms with van der Waals surface area (Å²) in [5.41, 5.74) is 0. The normalized spacial score (nSPS) is 32.3. The topological polar surface area (TPSA) is 38.8 Å². The lowest BCUT2D eigenvalue weighted by Gasteiger charge is -2.37. The molecule has 1 saturated heterocycles. The zero-order valence-electron chi connectivity index (χ0n) is 13.1. The minimum absolute atomic E-state index is 0.0587. The van der Waals surface area contributed by atoms with Crippen molar-refractivity contribution >= 4 is 5.97 Å². The summed E-state index contributed by atoms with van der Waals surface area (Å²) >= 11 is 0. The molecule has 4 heteroatoms. The summed E-state index contributed by atoms with van der Waals surface area (Å²) < 4.78 is 11.1. The molecule has 0 aromatic heterocycles. The number of nitrogens with zero attached hydrogens (tertiary/aromatic N) is 1. The van der Waals surface area contributed by atoms with E-state index in [1.54, 1.807) is 0 Å². The van der Waals surface area contributed by atoms with E-state index >= 15 is 0 Å². The average molecular weight is 283 g/mol. The summed E-state index contributed by atoms with van der Waals surface area (Å²) in [7, 11) is 0. The first kappa shape index (κ1) is 15.8. The maximum absolute atomic E-state index is 12.1. The fourth-order valence-electron chi connectivity index (χ4n) is 3.40. The number of carbonyl (C=O) groups excluding carboxylic acids is 1. The fourth-order valence-corrected chi connectivity index (χ4v) is 3.40. The molecule has 1 saturated carbocycles. The van der Waals surface area contributed by atoms with Crippen molar-refractivity contribution in [1.82, 2.24) is 4.90 Å². The van der Waals surface area contributed by atoms with Crippen molar-refractivity contribution in [2.75, 3.05) is 32.8 Å². The standard InChI is InChI=1S/C16H29NO3/c1-12(2)14-5-4-13(3)10-15(14)20-16(18)11-17-6-8-19-9-7-17/h12-15H,4-11H2,1-3H3/t13-,14-,15+/m0/s1. The molecule has 2 fully saturated rings. The number of hydrogen-bond donors (Lipinski definition) is 0. The van der Waals surface area contributed by atoms with Crippen LogP contribution >= 0.6 is 0 Å². The van der Waals surface area contributed by atoms with E-state index in [-0.39, 0.29) is 12.1 Å². The van der Waals surface area contributed by atoms with Crippen LogP contribution in [0.2, 0.25) is 0 Å². The van der Waals surface area contributed by atoms with E-state index in [9.17, 15) is 4.79 Å². The SMILES string of the molecule is CC(C)[C@@H]1CC[C@H](C)C[C@H]1OC(=O)CN1CCOCC1. The highest BCUT2D eigenvalue weighted by Crippen LogP contribution is 2.35. The average Bonchev–Trinajstić information content (AvgIpc) is 2.39. The minimum atomic E-state index is -0.0587. The first-order chi connectivity index (χ1) is 9.56. The molecule has 0 spiro atoms. The van der Waals surface area contributed by atoms with Gasteiger partial charge in [-0.3, -0.25) is 9.69 Å². The van der Waals surface area contributed by atoms with E-state index in [0.29, 0.717) is 24.3 Å². The second kappa shape index (κ2) is 7.41. The Balaban J connectivity index is 1.83. The molecular weight excluding hydrogens is 254 g/mol. The second-order valence-electron chi connectivity index (χ2n) is 6.74. The Hall–Kier alpha value is -0.610. The summed E-state index contributed by atoms with van der Waals surface area (Å²) in [5.74, 6) is 1.73. The first-order valence-corrected chi connectivity index (χ1v) is 8.06. The van der Waals surface area contributed by atoms with E-state index in [0.717, 1.165) is 32.7 Å². The lowest BCUT2D eigenvalue weighted by molar-refractivity contribution is -0.158. The predicted octanol–water partition coefficient (Wildman–Crippen LogP) is 2.32. The summed E-state index contributed by atoms with van der Waals surface area (Å²) in [5, 5.41) is 0. The van der Waals surface area contributed by atoms with Gasteiger partial charge in [-0.25, -0.2) is 0 Å². The van der Waals surface area contributed by atoms with Crippen LogP contribution in [0.1, 0.15) is 40.0 Å². The highest BCUT2D eigenvalue weighted by molar-refractivity contribution is 5.71. The molecule has 2 rings (SSSR count). The van der Waals surface area contributed by atoms with Crippen molar-refractivity contribution < 1.29 is 14.3 Å². The summed E-state index contributed by atoms with van der Waals surface area (Å²) in [6.45, 7) is 10.3. The Kier molecular flexibility index (Phi) is 5.85. The van der Waals surface area contributed by atoms with Crippen LogP contribution < -0.4 is 0 Å². The van der Waals surface area contributed by atoms with Crippen molar-refractivity contribution in [3.63, 3.8) is 0 Å². The van der Waals surface area contributed by atoms with Gasteiger partial charge in [0.1, 0.15) is 6.10 Å². The van der Waals surface area contributed by atoms with E-state index < -0.39 is 0 Å². The van der Waals surface area contributed by atoms with Gasteiger partial charge >= 0.3 is 5.97 Å². The van der Waals surface area contributed by atoms with E-state index in [4.69, 9.17) is 9.47 Å². The zero-order valence-corrected chi connectivity index (χ0v) is 13.1. The lowest BCUT2D eigenvalue weighted by atomic mass is 9.75. The summed E-state index contributed by atoms with van der Waals surface area (Å²) in [6, 6.07) is 0. The minimum Gasteiger partial charge on any atom is -0.461 e. The van der Waals surface area contributed by atoms with Gasteiger partial charge in [0.25, 0.3) is 0 Å². The van der Waals surface area contributed by atoms with Crippen LogP contribution in [0.15, 0.2) is 0 Å². The van der Waals surface area contributed by atoms with Gasteiger partial charge in [0.2, 0.25) is 0 Å². The first-order valence-electron chi connectivity index (χ1n) is 8.06. The molecule has 1 heterocycles. The molecule has 0 radical (unpaired) electrons. The number of ether oxygens (including phenoxy) is 2. The lowest BCUT2D eigenvalue weighted by Crippen LogP contribution is -2.42. The van der Waals surface area contributed by atoms with Gasteiger partial charge in [-0.2, -0.15) is 0 Å². The van der Waals surface area contributed by atoms with Gasteiger partial charge in [-0.05, 0) is 30.6 Å². The van der Waals surface area contributed by atoms with E-state index in [1.807, 2.05) is 0 Å². The van der Waals surface area contributed by atoms with Crippen LogP contribution in [-0.4, -0.2) is 49.8 Å². The molecule has 1 aliphatic heterocycles. The Morgan fingerprint density at radius 3 is 2.65 bits per heavy atom. The van der Waals surface area contributed by atoms with Crippen LogP contribution in [-0.2, 0) is 14.3 Å². The Morgan fingerprint density at radius 2 is 2.00 bits per heavy atom. The summed E-state index contributed by atoms with van der Waals surface area (Å²) in [4.78, 5) is 14.3. The zero-order chi connectivity index (χ0) is 14.5.